The van der Waals surface area contributed by atoms with Gasteiger partial charge < -0.3 is 19.4 Å². The number of hydrogen-bond donors (Lipinski definition) is 1. The average Bonchev–Trinajstić information content (AvgIpc) is 3.15. The topological polar surface area (TPSA) is 62.4 Å². The Morgan fingerprint density at radius 1 is 1.12 bits per heavy atom. The molecule has 1 aliphatic carbocycles. The molecule has 0 amide bonds. The monoisotopic (exact) mass is 458 g/mol. The van der Waals surface area contributed by atoms with Crippen LogP contribution < -0.4 is 10.1 Å². The minimum absolute atomic E-state index is 0.439. The third-order valence-electron chi connectivity index (χ3n) is 7.08. The maximum atomic E-state index is 10.1. The molecule has 1 aromatic heterocycles. The Morgan fingerprint density at radius 3 is 2.59 bits per heavy atom. The van der Waals surface area contributed by atoms with Crippen molar-refractivity contribution in [2.24, 2.45) is 0 Å². The van der Waals surface area contributed by atoms with Gasteiger partial charge in [0.05, 0.1) is 36.6 Å². The number of morpholine rings is 1. The highest BCUT2D eigenvalue weighted by atomic mass is 16.5. The van der Waals surface area contributed by atoms with Gasteiger partial charge in [-0.25, -0.2) is 0 Å². The van der Waals surface area contributed by atoms with Crippen LogP contribution in [0.4, 0.5) is 5.69 Å². The van der Waals surface area contributed by atoms with Gasteiger partial charge in [0.25, 0.3) is 0 Å². The van der Waals surface area contributed by atoms with Gasteiger partial charge in [-0.2, -0.15) is 5.26 Å². The summed E-state index contributed by atoms with van der Waals surface area (Å²) in [5.74, 6) is 0.862. The first kappa shape index (κ1) is 22.8. The van der Waals surface area contributed by atoms with Crippen molar-refractivity contribution in [3.05, 3.63) is 48.0 Å². The molecule has 2 aliphatic rings. The average molecular weight is 459 g/mol. The van der Waals surface area contributed by atoms with E-state index in [1.807, 2.05) is 19.1 Å². The van der Waals surface area contributed by atoms with Crippen LogP contribution in [0, 0.1) is 11.3 Å². The number of ether oxygens (including phenoxy) is 2. The van der Waals surface area contributed by atoms with Gasteiger partial charge in [-0.15, -0.1) is 0 Å². The summed E-state index contributed by atoms with van der Waals surface area (Å²) in [6, 6.07) is 17.7. The van der Waals surface area contributed by atoms with Gasteiger partial charge in [0.2, 0.25) is 0 Å². The zero-order chi connectivity index (χ0) is 23.3. The standard InChI is InChI=1S/C28H34N4O2/c1-2-34-24-11-12-25-26(20-29)28(32(27(25)19-24)23-5-3-6-23)21-7-9-22(10-8-21)30-13-4-14-31-15-17-33-18-16-31/h7-12,19,23,30H,2-6,13-18H2,1H3. The highest BCUT2D eigenvalue weighted by molar-refractivity contribution is 5.95. The quantitative estimate of drug-likeness (QED) is 0.433. The summed E-state index contributed by atoms with van der Waals surface area (Å²) in [7, 11) is 0. The normalized spacial score (nSPS) is 16.8. The molecule has 0 bridgehead atoms. The number of nitrogens with one attached hydrogen (secondary N) is 1. The molecule has 1 saturated carbocycles. The summed E-state index contributed by atoms with van der Waals surface area (Å²) in [5, 5.41) is 14.7. The molecule has 1 aliphatic heterocycles. The molecular formula is C28H34N4O2. The number of benzene rings is 2. The molecule has 34 heavy (non-hydrogen) atoms. The minimum atomic E-state index is 0.439. The fraction of sp³-hybridized carbons (Fsp3) is 0.464. The fourth-order valence-electron chi connectivity index (χ4n) is 5.07. The van der Waals surface area contributed by atoms with Gasteiger partial charge in [0, 0.05) is 42.8 Å². The van der Waals surface area contributed by atoms with Gasteiger partial charge in [-0.3, -0.25) is 4.90 Å². The molecule has 0 unspecified atom stereocenters. The summed E-state index contributed by atoms with van der Waals surface area (Å²) < 4.78 is 13.6. The van der Waals surface area contributed by atoms with Gasteiger partial charge >= 0.3 is 0 Å². The van der Waals surface area contributed by atoms with Crippen molar-refractivity contribution in [2.75, 3.05) is 51.3 Å². The molecule has 0 spiro atoms. The van der Waals surface area contributed by atoms with Gasteiger partial charge in [-0.05, 0) is 69.0 Å². The second-order valence-corrected chi connectivity index (χ2v) is 9.21. The molecular weight excluding hydrogens is 424 g/mol. The molecule has 1 saturated heterocycles. The summed E-state index contributed by atoms with van der Waals surface area (Å²) >= 11 is 0. The highest BCUT2D eigenvalue weighted by Crippen LogP contribution is 2.43. The van der Waals surface area contributed by atoms with E-state index in [2.05, 4.69) is 51.2 Å². The number of aromatic nitrogens is 1. The molecule has 0 radical (unpaired) electrons. The molecule has 3 aromatic rings. The number of anilines is 1. The van der Waals surface area contributed by atoms with Gasteiger partial charge in [0.15, 0.2) is 0 Å². The summed E-state index contributed by atoms with van der Waals surface area (Å²) in [4.78, 5) is 2.47. The van der Waals surface area contributed by atoms with Crippen molar-refractivity contribution in [2.45, 2.75) is 38.6 Å². The Kier molecular flexibility index (Phi) is 7.03. The van der Waals surface area contributed by atoms with Crippen molar-refractivity contribution in [1.29, 1.82) is 5.26 Å². The predicted octanol–water partition coefficient (Wildman–Crippen LogP) is 5.44. The van der Waals surface area contributed by atoms with Crippen molar-refractivity contribution in [3.8, 4) is 23.1 Å². The lowest BCUT2D eigenvalue weighted by molar-refractivity contribution is 0.0378. The molecule has 6 heteroatoms. The lowest BCUT2D eigenvalue weighted by Crippen LogP contribution is -2.37. The fourth-order valence-corrected chi connectivity index (χ4v) is 5.07. The third-order valence-corrected chi connectivity index (χ3v) is 7.08. The maximum Gasteiger partial charge on any atom is 0.121 e. The van der Waals surface area contributed by atoms with Crippen LogP contribution in [0.1, 0.15) is 44.2 Å². The van der Waals surface area contributed by atoms with E-state index >= 15 is 0 Å². The van der Waals surface area contributed by atoms with Crippen LogP contribution in [0.25, 0.3) is 22.2 Å². The largest absolute Gasteiger partial charge is 0.494 e. The summed E-state index contributed by atoms with van der Waals surface area (Å²) in [6.07, 6.45) is 4.66. The zero-order valence-electron chi connectivity index (χ0n) is 20.1. The van der Waals surface area contributed by atoms with Crippen LogP contribution in [-0.4, -0.2) is 55.5 Å². The predicted molar refractivity (Wildman–Crippen MR) is 137 cm³/mol. The van der Waals surface area contributed by atoms with Crippen LogP contribution in [-0.2, 0) is 4.74 Å². The smallest absolute Gasteiger partial charge is 0.121 e. The molecule has 6 nitrogen and oxygen atoms in total. The first-order chi connectivity index (χ1) is 16.8. The molecule has 2 aromatic carbocycles. The number of fused-ring (bicyclic) bond motifs is 1. The Bertz CT molecular complexity index is 1150. The van der Waals surface area contributed by atoms with Gasteiger partial charge in [-0.1, -0.05) is 12.1 Å². The van der Waals surface area contributed by atoms with E-state index in [4.69, 9.17) is 9.47 Å². The van der Waals surface area contributed by atoms with Crippen LogP contribution in [0.5, 0.6) is 5.75 Å². The van der Waals surface area contributed by atoms with E-state index in [1.54, 1.807) is 0 Å². The van der Waals surface area contributed by atoms with Gasteiger partial charge in [0.1, 0.15) is 11.8 Å². The van der Waals surface area contributed by atoms with Crippen LogP contribution in [0.3, 0.4) is 0 Å². The Hall–Kier alpha value is -3.01. The zero-order valence-corrected chi connectivity index (χ0v) is 20.1. The van der Waals surface area contributed by atoms with Crippen LogP contribution in [0.2, 0.25) is 0 Å². The van der Waals surface area contributed by atoms with E-state index in [0.717, 1.165) is 97.8 Å². The third kappa shape index (κ3) is 4.64. The van der Waals surface area contributed by atoms with Crippen LogP contribution >= 0.6 is 0 Å². The second-order valence-electron chi connectivity index (χ2n) is 9.21. The first-order valence-electron chi connectivity index (χ1n) is 12.6. The SMILES string of the molecule is CCOc1ccc2c(C#N)c(-c3ccc(NCCCN4CCOCC4)cc3)n(C3CCC3)c2c1. The van der Waals surface area contributed by atoms with Crippen molar-refractivity contribution in [1.82, 2.24) is 9.47 Å². The minimum Gasteiger partial charge on any atom is -0.494 e. The number of hydrogen-bond acceptors (Lipinski definition) is 5. The molecule has 2 fully saturated rings. The molecule has 5 rings (SSSR count). The second kappa shape index (κ2) is 10.5. The van der Waals surface area contributed by atoms with Crippen molar-refractivity contribution in [3.63, 3.8) is 0 Å². The van der Waals surface area contributed by atoms with E-state index in [-0.39, 0.29) is 0 Å². The Labute approximate surface area is 202 Å². The number of rotatable bonds is 9. The van der Waals surface area contributed by atoms with Crippen molar-refractivity contribution >= 4 is 16.6 Å². The lowest BCUT2D eigenvalue weighted by Gasteiger charge is -2.30. The summed E-state index contributed by atoms with van der Waals surface area (Å²) in [5.41, 5.74) is 5.11. The lowest BCUT2D eigenvalue weighted by atomic mass is 9.92. The number of nitrogens with zero attached hydrogens (tertiary/aromatic N) is 3. The molecule has 0 atom stereocenters. The van der Waals surface area contributed by atoms with Crippen molar-refractivity contribution < 1.29 is 9.47 Å². The maximum absolute atomic E-state index is 10.1. The molecule has 1 N–H and O–H groups in total. The first-order valence-corrected chi connectivity index (χ1v) is 12.6. The summed E-state index contributed by atoms with van der Waals surface area (Å²) in [6.45, 7) is 8.46. The van der Waals surface area contributed by atoms with Crippen LogP contribution in [0.15, 0.2) is 42.5 Å². The molecule has 178 valence electrons. The Morgan fingerprint density at radius 2 is 1.91 bits per heavy atom. The number of nitriles is 1. The van der Waals surface area contributed by atoms with E-state index in [1.165, 1.54) is 6.42 Å². The highest BCUT2D eigenvalue weighted by Gasteiger charge is 2.28. The molecule has 2 heterocycles. The van der Waals surface area contributed by atoms with E-state index in [0.29, 0.717) is 12.6 Å². The Balaban J connectivity index is 1.37. The van der Waals surface area contributed by atoms with E-state index in [9.17, 15) is 5.26 Å². The van der Waals surface area contributed by atoms with E-state index < -0.39 is 0 Å².